The van der Waals surface area contributed by atoms with Crippen molar-refractivity contribution in [2.45, 2.75) is 18.5 Å². The van der Waals surface area contributed by atoms with Gasteiger partial charge in [-0.25, -0.2) is 0 Å². The third-order valence-corrected chi connectivity index (χ3v) is 4.03. The van der Waals surface area contributed by atoms with Gasteiger partial charge in [0.2, 0.25) is 6.41 Å². The Balaban J connectivity index is 2.14. The number of carbonyl (C=O) groups excluding carboxylic acids is 1. The smallest absolute Gasteiger partial charge is 0.210 e. The van der Waals surface area contributed by atoms with Crippen molar-refractivity contribution in [3.05, 3.63) is 71.3 Å². The van der Waals surface area contributed by atoms with Crippen LogP contribution in [0.4, 0.5) is 0 Å². The molecule has 1 amide bonds. The highest BCUT2D eigenvalue weighted by Gasteiger charge is 2.34. The topological polar surface area (TPSA) is 40.5 Å². The molecular formula is C17H17NO2. The molecule has 2 aromatic rings. The van der Waals surface area contributed by atoms with Crippen molar-refractivity contribution in [2.24, 2.45) is 0 Å². The van der Waals surface area contributed by atoms with Crippen molar-refractivity contribution < 1.29 is 9.90 Å². The number of amides is 1. The Morgan fingerprint density at radius 2 is 1.80 bits per heavy atom. The average Bonchev–Trinajstić information content (AvgIpc) is 2.53. The number of aliphatic hydroxyl groups excluding tert-OH is 1. The summed E-state index contributed by atoms with van der Waals surface area (Å²) in [6.07, 6.45) is 0.840. The van der Waals surface area contributed by atoms with Crippen LogP contribution in [-0.4, -0.2) is 29.1 Å². The minimum Gasteiger partial charge on any atom is -0.394 e. The summed E-state index contributed by atoms with van der Waals surface area (Å²) < 4.78 is 0. The fraction of sp³-hybridized carbons (Fsp3) is 0.235. The minimum absolute atomic E-state index is 0.0244. The van der Waals surface area contributed by atoms with Crippen molar-refractivity contribution in [3.63, 3.8) is 0 Å². The highest BCUT2D eigenvalue weighted by atomic mass is 16.3. The summed E-state index contributed by atoms with van der Waals surface area (Å²) in [6.45, 7) is 0.529. The van der Waals surface area contributed by atoms with Gasteiger partial charge < -0.3 is 10.0 Å². The van der Waals surface area contributed by atoms with Gasteiger partial charge in [-0.3, -0.25) is 4.79 Å². The maximum absolute atomic E-state index is 11.3. The van der Waals surface area contributed by atoms with E-state index >= 15 is 0 Å². The largest absolute Gasteiger partial charge is 0.394 e. The van der Waals surface area contributed by atoms with Crippen LogP contribution in [0.1, 0.15) is 22.6 Å². The van der Waals surface area contributed by atoms with Crippen molar-refractivity contribution in [2.75, 3.05) is 6.61 Å². The Labute approximate surface area is 118 Å². The zero-order valence-corrected chi connectivity index (χ0v) is 11.1. The first-order chi connectivity index (χ1) is 9.85. The van der Waals surface area contributed by atoms with Crippen LogP contribution in [0.15, 0.2) is 54.6 Å². The average molecular weight is 267 g/mol. The van der Waals surface area contributed by atoms with E-state index in [1.165, 1.54) is 5.56 Å². The van der Waals surface area contributed by atoms with Gasteiger partial charge >= 0.3 is 0 Å². The number of carbonyl (C=O) groups is 1. The van der Waals surface area contributed by atoms with E-state index in [1.54, 1.807) is 4.90 Å². The Morgan fingerprint density at radius 1 is 1.10 bits per heavy atom. The maximum Gasteiger partial charge on any atom is 0.210 e. The van der Waals surface area contributed by atoms with Crippen LogP contribution in [0.3, 0.4) is 0 Å². The molecule has 2 aromatic carbocycles. The third-order valence-electron chi connectivity index (χ3n) is 4.03. The zero-order chi connectivity index (χ0) is 13.9. The van der Waals surface area contributed by atoms with E-state index in [2.05, 4.69) is 24.3 Å². The van der Waals surface area contributed by atoms with E-state index in [9.17, 15) is 9.90 Å². The van der Waals surface area contributed by atoms with Crippen molar-refractivity contribution in [3.8, 4) is 0 Å². The van der Waals surface area contributed by atoms with Crippen molar-refractivity contribution >= 4 is 6.41 Å². The molecule has 3 rings (SSSR count). The molecule has 1 heterocycles. The number of rotatable bonds is 3. The number of benzene rings is 2. The molecule has 0 aromatic heterocycles. The van der Waals surface area contributed by atoms with E-state index < -0.39 is 0 Å². The van der Waals surface area contributed by atoms with Gasteiger partial charge in [0.1, 0.15) is 0 Å². The first-order valence-corrected chi connectivity index (χ1v) is 6.80. The molecule has 2 atom stereocenters. The van der Waals surface area contributed by atoms with Crippen LogP contribution < -0.4 is 0 Å². The van der Waals surface area contributed by atoms with E-state index in [0.717, 1.165) is 17.5 Å². The predicted octanol–water partition coefficient (Wildman–Crippen LogP) is 2.15. The van der Waals surface area contributed by atoms with Crippen LogP contribution in [0.5, 0.6) is 0 Å². The zero-order valence-electron chi connectivity index (χ0n) is 11.1. The summed E-state index contributed by atoms with van der Waals surface area (Å²) in [4.78, 5) is 13.0. The Bertz CT molecular complexity index is 597. The number of hydrogen-bond acceptors (Lipinski definition) is 2. The van der Waals surface area contributed by atoms with Gasteiger partial charge in [0, 0.05) is 12.5 Å². The molecule has 0 aliphatic carbocycles. The van der Waals surface area contributed by atoms with Gasteiger partial charge in [0.25, 0.3) is 0 Å². The van der Waals surface area contributed by atoms with E-state index in [-0.39, 0.29) is 18.6 Å². The maximum atomic E-state index is 11.3. The summed E-state index contributed by atoms with van der Waals surface area (Å²) in [5, 5.41) is 9.75. The molecular weight excluding hydrogens is 250 g/mol. The SMILES string of the molecule is O=CN1Cc2ccccc2C(c2ccccc2)C1CO. The summed E-state index contributed by atoms with van der Waals surface area (Å²) in [5.41, 5.74) is 3.49. The quantitative estimate of drug-likeness (QED) is 0.866. The van der Waals surface area contributed by atoms with Gasteiger partial charge in [0.05, 0.1) is 12.6 Å². The highest BCUT2D eigenvalue weighted by Crippen LogP contribution is 2.37. The lowest BCUT2D eigenvalue weighted by atomic mass is 9.79. The van der Waals surface area contributed by atoms with E-state index in [4.69, 9.17) is 0 Å². The normalized spacial score (nSPS) is 21.4. The number of hydrogen-bond donors (Lipinski definition) is 1. The summed E-state index contributed by atoms with van der Waals surface area (Å²) >= 11 is 0. The standard InChI is InChI=1S/C17H17NO2/c19-11-16-17(13-6-2-1-3-7-13)15-9-5-4-8-14(15)10-18(16)12-20/h1-9,12,16-17,19H,10-11H2. The van der Waals surface area contributed by atoms with E-state index in [0.29, 0.717) is 6.54 Å². The van der Waals surface area contributed by atoms with Gasteiger partial charge in [-0.2, -0.15) is 0 Å². The third kappa shape index (κ3) is 2.10. The van der Waals surface area contributed by atoms with Crippen LogP contribution in [0.2, 0.25) is 0 Å². The highest BCUT2D eigenvalue weighted by molar-refractivity contribution is 5.53. The molecule has 3 nitrogen and oxygen atoms in total. The van der Waals surface area contributed by atoms with Crippen molar-refractivity contribution in [1.29, 1.82) is 0 Å². The second-order valence-electron chi connectivity index (χ2n) is 5.11. The van der Waals surface area contributed by atoms with Crippen molar-refractivity contribution in [1.82, 2.24) is 4.90 Å². The first-order valence-electron chi connectivity index (χ1n) is 6.80. The Morgan fingerprint density at radius 3 is 2.50 bits per heavy atom. The van der Waals surface area contributed by atoms with E-state index in [1.807, 2.05) is 30.3 Å². The summed E-state index contributed by atoms with van der Waals surface area (Å²) in [7, 11) is 0. The first kappa shape index (κ1) is 12.9. The Kier molecular flexibility index (Phi) is 3.52. The van der Waals surface area contributed by atoms with Crippen LogP contribution in [0, 0.1) is 0 Å². The molecule has 0 saturated carbocycles. The second kappa shape index (κ2) is 5.47. The molecule has 1 N–H and O–H groups in total. The number of fused-ring (bicyclic) bond motifs is 1. The van der Waals surface area contributed by atoms with Gasteiger partial charge in [-0.15, -0.1) is 0 Å². The monoisotopic (exact) mass is 267 g/mol. The molecule has 1 aliphatic rings. The van der Waals surface area contributed by atoms with Gasteiger partial charge in [0.15, 0.2) is 0 Å². The molecule has 0 spiro atoms. The lowest BCUT2D eigenvalue weighted by molar-refractivity contribution is -0.122. The predicted molar refractivity (Wildman–Crippen MR) is 77.2 cm³/mol. The Hall–Kier alpha value is -2.13. The summed E-state index contributed by atoms with van der Waals surface area (Å²) in [5.74, 6) is 0.0244. The molecule has 0 saturated heterocycles. The fourth-order valence-electron chi connectivity index (χ4n) is 3.08. The molecule has 0 fully saturated rings. The molecule has 0 radical (unpaired) electrons. The number of nitrogens with zero attached hydrogens (tertiary/aromatic N) is 1. The van der Waals surface area contributed by atoms with Crippen LogP contribution in [0.25, 0.3) is 0 Å². The molecule has 20 heavy (non-hydrogen) atoms. The summed E-state index contributed by atoms with van der Waals surface area (Å²) in [6, 6.07) is 18.0. The molecule has 2 unspecified atom stereocenters. The minimum atomic E-state index is -0.204. The lowest BCUT2D eigenvalue weighted by Gasteiger charge is -2.40. The van der Waals surface area contributed by atoms with Gasteiger partial charge in [-0.1, -0.05) is 54.6 Å². The second-order valence-corrected chi connectivity index (χ2v) is 5.11. The molecule has 1 aliphatic heterocycles. The van der Waals surface area contributed by atoms with Crippen LogP contribution in [-0.2, 0) is 11.3 Å². The lowest BCUT2D eigenvalue weighted by Crippen LogP contribution is -2.45. The van der Waals surface area contributed by atoms with Crippen LogP contribution >= 0.6 is 0 Å². The molecule has 3 heteroatoms. The molecule has 0 bridgehead atoms. The van der Waals surface area contributed by atoms with Gasteiger partial charge in [-0.05, 0) is 16.7 Å². The molecule has 102 valence electrons. The number of aliphatic hydroxyl groups is 1. The fourth-order valence-corrected chi connectivity index (χ4v) is 3.08.